The van der Waals surface area contributed by atoms with E-state index in [2.05, 4.69) is 15.0 Å². The van der Waals surface area contributed by atoms with E-state index in [-0.39, 0.29) is 34.4 Å². The maximum Gasteiger partial charge on any atom is 0.327 e. The highest BCUT2D eigenvalue weighted by Crippen LogP contribution is 2.19. The van der Waals surface area contributed by atoms with Crippen molar-refractivity contribution in [2.45, 2.75) is 37.6 Å². The number of benzene rings is 1. The molecule has 31 heavy (non-hydrogen) atoms. The molecule has 0 bridgehead atoms. The van der Waals surface area contributed by atoms with Crippen LogP contribution in [0.1, 0.15) is 25.3 Å². The molecule has 0 aliphatic rings. The summed E-state index contributed by atoms with van der Waals surface area (Å²) < 4.78 is 32.1. The van der Waals surface area contributed by atoms with Crippen molar-refractivity contribution < 1.29 is 23.1 Å². The Balaban J connectivity index is 1.86. The molecule has 2 aromatic heterocycles. The number of nitrogens with one attached hydrogen (secondary N) is 1. The number of hydrogen-bond acceptors (Lipinski definition) is 9. The number of anilines is 1. The van der Waals surface area contributed by atoms with Crippen molar-refractivity contribution in [1.29, 1.82) is 0 Å². The highest BCUT2D eigenvalue weighted by Gasteiger charge is 2.19. The number of imidazole rings is 1. The normalized spacial score (nSPS) is 11.6. The minimum absolute atomic E-state index is 0.00374. The van der Waals surface area contributed by atoms with Crippen LogP contribution in [0.5, 0.6) is 6.01 Å². The molecule has 166 valence electrons. The van der Waals surface area contributed by atoms with Gasteiger partial charge in [-0.25, -0.2) is 13.2 Å². The predicted octanol–water partition coefficient (Wildman–Crippen LogP) is -0.353. The summed E-state index contributed by atoms with van der Waals surface area (Å²) in [7, 11) is -3.81. The second-order valence-corrected chi connectivity index (χ2v) is 9.00. The summed E-state index contributed by atoms with van der Waals surface area (Å²) in [5, 5.41) is 10.8. The number of carboxylic acid groups (broad SMARTS) is 1. The van der Waals surface area contributed by atoms with Crippen LogP contribution in [0.4, 0.5) is 5.82 Å². The smallest absolute Gasteiger partial charge is 0.327 e. The number of aromatic nitrogens is 4. The molecule has 0 saturated carbocycles. The number of fused-ring (bicyclic) bond motifs is 1. The van der Waals surface area contributed by atoms with Crippen LogP contribution in [0.25, 0.3) is 11.2 Å². The standard InChI is InChI=1S/C19H23N5O6S/c1-2-3-8-30-18-22-16(20)15-17(23-18)24(19(27)21-15)7-9-31(28,29)13-6-4-5-12(10-13)11-14(25)26/h4-6,10H,2-3,7-9,11H2,1H3,(H,21,27)(H,25,26)(H2,20,22,23)/p-1. The largest absolute Gasteiger partial charge is 0.550 e. The third-order valence-corrected chi connectivity index (χ3v) is 6.24. The van der Waals surface area contributed by atoms with E-state index in [1.165, 1.54) is 24.3 Å². The van der Waals surface area contributed by atoms with Crippen LogP contribution in [-0.2, 0) is 27.6 Å². The molecule has 0 atom stereocenters. The van der Waals surface area contributed by atoms with Crippen LogP contribution >= 0.6 is 0 Å². The van der Waals surface area contributed by atoms with Gasteiger partial charge < -0.3 is 25.4 Å². The highest BCUT2D eigenvalue weighted by molar-refractivity contribution is 7.91. The van der Waals surface area contributed by atoms with E-state index in [9.17, 15) is 23.1 Å². The summed E-state index contributed by atoms with van der Waals surface area (Å²) in [6.45, 7) is 2.18. The number of nitrogens with two attached hydrogens (primary N) is 1. The third-order valence-electron chi connectivity index (χ3n) is 4.55. The van der Waals surface area contributed by atoms with Gasteiger partial charge in [-0.15, -0.1) is 0 Å². The first-order chi connectivity index (χ1) is 14.7. The van der Waals surface area contributed by atoms with Crippen LogP contribution in [0.3, 0.4) is 0 Å². The molecule has 0 fully saturated rings. The number of sulfone groups is 1. The Hall–Kier alpha value is -3.41. The number of H-pyrrole nitrogens is 1. The lowest BCUT2D eigenvalue weighted by atomic mass is 10.2. The quantitative estimate of drug-likeness (QED) is 0.393. The van der Waals surface area contributed by atoms with E-state index < -0.39 is 33.7 Å². The molecule has 0 aliphatic carbocycles. The Bertz CT molecular complexity index is 1260. The number of nitrogens with zero attached hydrogens (tertiary/aromatic N) is 3. The number of carbonyl (C=O) groups is 1. The summed E-state index contributed by atoms with van der Waals surface area (Å²) in [5.41, 5.74) is 5.95. The van der Waals surface area contributed by atoms with Crippen LogP contribution in [0.15, 0.2) is 34.0 Å². The fourth-order valence-electron chi connectivity index (χ4n) is 2.96. The zero-order valence-corrected chi connectivity index (χ0v) is 17.6. The van der Waals surface area contributed by atoms with E-state index in [1.54, 1.807) is 0 Å². The average molecular weight is 448 g/mol. The summed E-state index contributed by atoms with van der Waals surface area (Å²) in [4.78, 5) is 33.8. The molecule has 3 rings (SSSR count). The van der Waals surface area contributed by atoms with Crippen LogP contribution in [0, 0.1) is 0 Å². The number of aromatic amines is 1. The summed E-state index contributed by atoms with van der Waals surface area (Å²) >= 11 is 0. The Kier molecular flexibility index (Phi) is 6.59. The first-order valence-electron chi connectivity index (χ1n) is 9.61. The molecule has 11 nitrogen and oxygen atoms in total. The monoisotopic (exact) mass is 448 g/mol. The Morgan fingerprint density at radius 3 is 2.81 bits per heavy atom. The van der Waals surface area contributed by atoms with Gasteiger partial charge in [0.25, 0.3) is 0 Å². The van der Waals surface area contributed by atoms with Crippen molar-refractivity contribution >= 4 is 32.8 Å². The van der Waals surface area contributed by atoms with Crippen molar-refractivity contribution in [1.82, 2.24) is 19.5 Å². The maximum atomic E-state index is 12.8. The number of aryl methyl sites for hydroxylation is 1. The van der Waals surface area contributed by atoms with Gasteiger partial charge in [0.05, 0.1) is 17.3 Å². The lowest BCUT2D eigenvalue weighted by molar-refractivity contribution is -0.304. The molecule has 0 radical (unpaired) electrons. The third kappa shape index (κ3) is 5.20. The van der Waals surface area contributed by atoms with Crippen molar-refractivity contribution in [2.24, 2.45) is 0 Å². The fourth-order valence-corrected chi connectivity index (χ4v) is 4.23. The number of ether oxygens (including phenoxy) is 1. The van der Waals surface area contributed by atoms with Crippen molar-refractivity contribution in [3.63, 3.8) is 0 Å². The maximum absolute atomic E-state index is 12.8. The lowest BCUT2D eigenvalue weighted by Crippen LogP contribution is -2.24. The van der Waals surface area contributed by atoms with E-state index >= 15 is 0 Å². The SMILES string of the molecule is CCCCOc1nc(N)c2[nH]c(=O)n(CCS(=O)(=O)c3cccc(CC(=O)[O-])c3)c2n1. The van der Waals surface area contributed by atoms with Crippen LogP contribution < -0.4 is 21.3 Å². The zero-order valence-electron chi connectivity index (χ0n) is 16.8. The molecule has 1 aromatic carbocycles. The molecule has 0 amide bonds. The lowest BCUT2D eigenvalue weighted by Gasteiger charge is -2.09. The molecule has 0 saturated heterocycles. The van der Waals surface area contributed by atoms with Gasteiger partial charge in [0.1, 0.15) is 5.52 Å². The molecule has 3 N–H and O–H groups in total. The summed E-state index contributed by atoms with van der Waals surface area (Å²) in [5.74, 6) is -1.70. The highest BCUT2D eigenvalue weighted by atomic mass is 32.2. The van der Waals surface area contributed by atoms with E-state index in [0.717, 1.165) is 17.4 Å². The number of nitrogen functional groups attached to an aromatic ring is 1. The average Bonchev–Trinajstić information content (AvgIpc) is 3.02. The Labute approximate surface area is 177 Å². The second-order valence-electron chi connectivity index (χ2n) is 6.89. The van der Waals surface area contributed by atoms with Gasteiger partial charge in [-0.05, 0) is 24.1 Å². The second kappa shape index (κ2) is 9.16. The zero-order chi connectivity index (χ0) is 22.6. The first kappa shape index (κ1) is 22.3. The van der Waals surface area contributed by atoms with Crippen LogP contribution in [-0.4, -0.2) is 46.3 Å². The molecule has 3 aromatic rings. The summed E-state index contributed by atoms with van der Waals surface area (Å²) in [6, 6.07) is 5.61. The topological polar surface area (TPSA) is 173 Å². The first-order valence-corrected chi connectivity index (χ1v) is 11.3. The van der Waals surface area contributed by atoms with Gasteiger partial charge in [0, 0.05) is 18.9 Å². The minimum atomic E-state index is -3.81. The van der Waals surface area contributed by atoms with E-state index in [1.807, 2.05) is 6.92 Å². The Morgan fingerprint density at radius 1 is 1.32 bits per heavy atom. The molecule has 12 heteroatoms. The van der Waals surface area contributed by atoms with Gasteiger partial charge in [-0.3, -0.25) is 4.57 Å². The number of carboxylic acids is 1. The number of carbonyl (C=O) groups excluding carboxylic acids is 1. The number of rotatable bonds is 10. The van der Waals surface area contributed by atoms with Gasteiger partial charge in [-0.2, -0.15) is 9.97 Å². The Morgan fingerprint density at radius 2 is 2.10 bits per heavy atom. The minimum Gasteiger partial charge on any atom is -0.550 e. The molecule has 2 heterocycles. The number of unbranched alkanes of at least 4 members (excludes halogenated alkanes) is 1. The van der Waals surface area contributed by atoms with Gasteiger partial charge in [0.15, 0.2) is 21.3 Å². The molecular formula is C19H22N5O6S-. The molecule has 0 spiro atoms. The van der Waals surface area contributed by atoms with Crippen LogP contribution in [0.2, 0.25) is 0 Å². The van der Waals surface area contributed by atoms with Gasteiger partial charge in [-0.1, -0.05) is 25.5 Å². The molecule has 0 unspecified atom stereocenters. The van der Waals surface area contributed by atoms with Gasteiger partial charge in [0.2, 0.25) is 0 Å². The van der Waals surface area contributed by atoms with E-state index in [0.29, 0.717) is 12.2 Å². The van der Waals surface area contributed by atoms with Crippen molar-refractivity contribution in [3.8, 4) is 6.01 Å². The van der Waals surface area contributed by atoms with Crippen molar-refractivity contribution in [3.05, 3.63) is 40.3 Å². The number of hydrogen-bond donors (Lipinski definition) is 2. The number of aliphatic carboxylic acids is 1. The summed E-state index contributed by atoms with van der Waals surface area (Å²) in [6.07, 6.45) is 1.30. The fraction of sp³-hybridized carbons (Fsp3) is 0.368. The van der Waals surface area contributed by atoms with Crippen molar-refractivity contribution in [2.75, 3.05) is 18.1 Å². The molecular weight excluding hydrogens is 426 g/mol. The van der Waals surface area contributed by atoms with E-state index in [4.69, 9.17) is 10.5 Å². The predicted molar refractivity (Wildman–Crippen MR) is 110 cm³/mol. The van der Waals surface area contributed by atoms with Gasteiger partial charge >= 0.3 is 11.7 Å². The molecule has 0 aliphatic heterocycles.